The molecule has 0 aliphatic heterocycles. The third kappa shape index (κ3) is 4.25. The molecule has 11 rings (SSSR count). The van der Waals surface area contributed by atoms with Crippen molar-refractivity contribution in [3.8, 4) is 33.4 Å². The highest BCUT2D eigenvalue weighted by Crippen LogP contribution is 2.46. The summed E-state index contributed by atoms with van der Waals surface area (Å²) >= 11 is 0. The summed E-state index contributed by atoms with van der Waals surface area (Å²) in [4.78, 5) is 0. The van der Waals surface area contributed by atoms with Gasteiger partial charge in [-0.3, -0.25) is 0 Å². The van der Waals surface area contributed by atoms with Crippen molar-refractivity contribution in [3.63, 3.8) is 0 Å². The monoisotopic (exact) mass is 666 g/mol. The van der Waals surface area contributed by atoms with Crippen LogP contribution in [0.1, 0.15) is 26.3 Å². The molecule has 246 valence electrons. The zero-order valence-electron chi connectivity index (χ0n) is 29.3. The van der Waals surface area contributed by atoms with Crippen LogP contribution in [0.3, 0.4) is 0 Å². The number of rotatable bonds is 3. The second-order valence-electron chi connectivity index (χ2n) is 15.3. The minimum Gasteiger partial charge on any atom is -0.456 e. The lowest BCUT2D eigenvalue weighted by molar-refractivity contribution is 0.591. The summed E-state index contributed by atoms with van der Waals surface area (Å²) in [5.74, 6) is 0. The van der Waals surface area contributed by atoms with E-state index in [1.807, 2.05) is 24.3 Å². The summed E-state index contributed by atoms with van der Waals surface area (Å²) in [7, 11) is 0. The van der Waals surface area contributed by atoms with Crippen LogP contribution in [0.2, 0.25) is 0 Å². The summed E-state index contributed by atoms with van der Waals surface area (Å²) in [5.41, 5.74) is 12.1. The topological polar surface area (TPSA) is 26.3 Å². The Morgan fingerprint density at radius 2 is 0.904 bits per heavy atom. The van der Waals surface area contributed by atoms with Gasteiger partial charge in [-0.15, -0.1) is 0 Å². The van der Waals surface area contributed by atoms with Gasteiger partial charge >= 0.3 is 0 Å². The first kappa shape index (κ1) is 29.4. The van der Waals surface area contributed by atoms with Gasteiger partial charge < -0.3 is 8.83 Å². The first-order valence-corrected chi connectivity index (χ1v) is 18.1. The molecule has 0 spiro atoms. The molecule has 2 nitrogen and oxygen atoms in total. The molecule has 0 aliphatic carbocycles. The maximum Gasteiger partial charge on any atom is 0.143 e. The summed E-state index contributed by atoms with van der Waals surface area (Å²) in [6.45, 7) is 6.88. The maximum absolute atomic E-state index is 6.41. The third-order valence-corrected chi connectivity index (χ3v) is 11.2. The fourth-order valence-corrected chi connectivity index (χ4v) is 8.52. The molecule has 52 heavy (non-hydrogen) atoms. The van der Waals surface area contributed by atoms with Gasteiger partial charge in [0.15, 0.2) is 0 Å². The molecule has 0 amide bonds. The zero-order valence-corrected chi connectivity index (χ0v) is 29.3. The van der Waals surface area contributed by atoms with E-state index in [4.69, 9.17) is 8.83 Å². The Balaban J connectivity index is 1.15. The van der Waals surface area contributed by atoms with Gasteiger partial charge in [-0.25, -0.2) is 0 Å². The second kappa shape index (κ2) is 10.6. The Bertz CT molecular complexity index is 3180. The lowest BCUT2D eigenvalue weighted by atomic mass is 9.81. The van der Waals surface area contributed by atoms with Crippen molar-refractivity contribution in [1.82, 2.24) is 0 Å². The van der Waals surface area contributed by atoms with Crippen molar-refractivity contribution in [1.29, 1.82) is 0 Å². The fraction of sp³-hybridized carbons (Fsp3) is 0.0800. The molecule has 2 heteroatoms. The number of benzene rings is 9. The molecule has 0 unspecified atom stereocenters. The van der Waals surface area contributed by atoms with E-state index < -0.39 is 0 Å². The fourth-order valence-electron chi connectivity index (χ4n) is 8.52. The summed E-state index contributed by atoms with van der Waals surface area (Å²) in [6.07, 6.45) is 0. The standard InChI is InChI=1S/C50H34O2/c1-50(2,3)34-25-32-20-23-39-42(30-17-15-29(16-18-30)35-11-8-12-41-37-10-5-7-14-45(37)52-49(35)41)28-43(40-24-21-33(26-34)47(32)48(39)40)31-19-22-38-36-9-4-6-13-44(36)51-46(38)27-31/h4-28H,1-3H3. The van der Waals surface area contributed by atoms with Gasteiger partial charge in [0.05, 0.1) is 0 Å². The highest BCUT2D eigenvalue weighted by molar-refractivity contribution is 6.28. The Morgan fingerprint density at radius 1 is 0.365 bits per heavy atom. The molecule has 0 aliphatic rings. The number of hydrogen-bond acceptors (Lipinski definition) is 2. The molecular formula is C50H34O2. The zero-order chi connectivity index (χ0) is 34.7. The SMILES string of the molecule is CC(C)(C)c1cc2ccc3c(-c4ccc(-c5cccc6c5oc5ccccc56)cc4)cc(-c4ccc5c(c4)oc4ccccc45)c4ccc(c1)c2c34. The predicted molar refractivity (Wildman–Crippen MR) is 220 cm³/mol. The van der Waals surface area contributed by atoms with Crippen molar-refractivity contribution < 1.29 is 8.83 Å². The Morgan fingerprint density at radius 3 is 1.60 bits per heavy atom. The molecule has 9 aromatic carbocycles. The van der Waals surface area contributed by atoms with Crippen molar-refractivity contribution >= 4 is 76.2 Å². The van der Waals surface area contributed by atoms with Gasteiger partial charge in [-0.05, 0) is 101 Å². The lowest BCUT2D eigenvalue weighted by Crippen LogP contribution is -2.10. The van der Waals surface area contributed by atoms with E-state index in [0.29, 0.717) is 0 Å². The van der Waals surface area contributed by atoms with Gasteiger partial charge in [-0.1, -0.05) is 142 Å². The van der Waals surface area contributed by atoms with Crippen molar-refractivity contribution in [2.45, 2.75) is 26.2 Å². The third-order valence-electron chi connectivity index (χ3n) is 11.2. The van der Waals surface area contributed by atoms with E-state index in [1.165, 1.54) is 54.6 Å². The van der Waals surface area contributed by atoms with Gasteiger partial charge in [0.1, 0.15) is 22.3 Å². The molecular weight excluding hydrogens is 633 g/mol. The van der Waals surface area contributed by atoms with E-state index in [1.54, 1.807) is 0 Å². The molecule has 0 saturated heterocycles. The van der Waals surface area contributed by atoms with E-state index in [2.05, 4.69) is 148 Å². The lowest BCUT2D eigenvalue weighted by Gasteiger charge is -2.23. The molecule has 11 aromatic rings. The van der Waals surface area contributed by atoms with Crippen LogP contribution in [0.25, 0.3) is 110 Å². The van der Waals surface area contributed by atoms with Gasteiger partial charge in [0.25, 0.3) is 0 Å². The molecule has 2 heterocycles. The highest BCUT2D eigenvalue weighted by Gasteiger charge is 2.21. The minimum atomic E-state index is 0.0528. The normalized spacial score (nSPS) is 12.5. The van der Waals surface area contributed by atoms with E-state index in [-0.39, 0.29) is 5.41 Å². The van der Waals surface area contributed by atoms with Crippen LogP contribution >= 0.6 is 0 Å². The second-order valence-corrected chi connectivity index (χ2v) is 15.3. The average Bonchev–Trinajstić information content (AvgIpc) is 3.74. The minimum absolute atomic E-state index is 0.0528. The smallest absolute Gasteiger partial charge is 0.143 e. The maximum atomic E-state index is 6.41. The molecule has 2 aromatic heterocycles. The van der Waals surface area contributed by atoms with Crippen LogP contribution in [0.15, 0.2) is 160 Å². The van der Waals surface area contributed by atoms with Crippen LogP contribution in [0.5, 0.6) is 0 Å². The molecule has 0 fully saturated rings. The van der Waals surface area contributed by atoms with Crippen LogP contribution in [-0.4, -0.2) is 0 Å². The van der Waals surface area contributed by atoms with Crippen molar-refractivity contribution in [3.05, 3.63) is 157 Å². The van der Waals surface area contributed by atoms with E-state index in [0.717, 1.165) is 60.6 Å². The number of para-hydroxylation sites is 3. The molecule has 0 radical (unpaired) electrons. The average molecular weight is 667 g/mol. The summed E-state index contributed by atoms with van der Waals surface area (Å²) < 4.78 is 12.8. The number of furan rings is 2. The van der Waals surface area contributed by atoms with Crippen LogP contribution in [-0.2, 0) is 5.41 Å². The molecule has 0 saturated carbocycles. The predicted octanol–water partition coefficient (Wildman–Crippen LogP) is 14.7. The first-order chi connectivity index (χ1) is 25.4. The van der Waals surface area contributed by atoms with Gasteiger partial charge in [0.2, 0.25) is 0 Å². The molecule has 0 atom stereocenters. The molecule has 0 N–H and O–H groups in total. The van der Waals surface area contributed by atoms with Crippen LogP contribution in [0, 0.1) is 0 Å². The van der Waals surface area contributed by atoms with E-state index >= 15 is 0 Å². The first-order valence-electron chi connectivity index (χ1n) is 18.1. The summed E-state index contributed by atoms with van der Waals surface area (Å²) in [5, 5.41) is 12.3. The van der Waals surface area contributed by atoms with Crippen molar-refractivity contribution in [2.75, 3.05) is 0 Å². The highest BCUT2D eigenvalue weighted by atomic mass is 16.3. The Kier molecular flexibility index (Phi) is 5.97. The Labute approximate surface area is 300 Å². The number of hydrogen-bond donors (Lipinski definition) is 0. The largest absolute Gasteiger partial charge is 0.456 e. The van der Waals surface area contributed by atoms with E-state index in [9.17, 15) is 0 Å². The van der Waals surface area contributed by atoms with Crippen LogP contribution < -0.4 is 0 Å². The Hall–Kier alpha value is -6.38. The quantitative estimate of drug-likeness (QED) is 0.175. The van der Waals surface area contributed by atoms with Crippen LogP contribution in [0.4, 0.5) is 0 Å². The van der Waals surface area contributed by atoms with Gasteiger partial charge in [-0.2, -0.15) is 0 Å². The summed E-state index contributed by atoms with van der Waals surface area (Å²) in [6, 6.07) is 55.2. The molecule has 0 bridgehead atoms. The van der Waals surface area contributed by atoms with Gasteiger partial charge in [0, 0.05) is 27.1 Å². The number of fused-ring (bicyclic) bond motifs is 6. The van der Waals surface area contributed by atoms with Crippen molar-refractivity contribution in [2.24, 2.45) is 0 Å².